The molecule has 4 heteroatoms. The van der Waals surface area contributed by atoms with Gasteiger partial charge < -0.3 is 15.6 Å². The predicted molar refractivity (Wildman–Crippen MR) is 86.3 cm³/mol. The Bertz CT molecular complexity index is 435. The first kappa shape index (κ1) is 16.1. The van der Waals surface area contributed by atoms with E-state index >= 15 is 0 Å². The summed E-state index contributed by atoms with van der Waals surface area (Å²) in [7, 11) is 0. The van der Waals surface area contributed by atoms with Crippen LogP contribution in [0, 0.1) is 11.8 Å². The number of likely N-dealkylation sites (tertiary alicyclic amines) is 1. The molecule has 1 aromatic rings. The molecule has 3 N–H and O–H groups in total. The fraction of sp³-hybridized carbons (Fsp3) is 0.647. The molecule has 1 aliphatic heterocycles. The van der Waals surface area contributed by atoms with Gasteiger partial charge in [-0.3, -0.25) is 4.90 Å². The second-order valence-electron chi connectivity index (χ2n) is 6.55. The Balaban J connectivity index is 1.80. The van der Waals surface area contributed by atoms with Crippen LogP contribution in [0.25, 0.3) is 0 Å². The van der Waals surface area contributed by atoms with Crippen molar-refractivity contribution in [2.75, 3.05) is 25.4 Å². The van der Waals surface area contributed by atoms with Gasteiger partial charge in [-0.1, -0.05) is 13.8 Å². The predicted octanol–water partition coefficient (Wildman–Crippen LogP) is 2.37. The lowest BCUT2D eigenvalue weighted by Gasteiger charge is -2.41. The van der Waals surface area contributed by atoms with Crippen LogP contribution < -0.4 is 10.5 Å². The Morgan fingerprint density at radius 1 is 1.29 bits per heavy atom. The number of nitrogens with zero attached hydrogens (tertiary/aromatic N) is 1. The average molecular weight is 292 g/mol. The van der Waals surface area contributed by atoms with E-state index in [1.165, 1.54) is 6.42 Å². The maximum atomic E-state index is 10.2. The van der Waals surface area contributed by atoms with Gasteiger partial charge in [0.25, 0.3) is 0 Å². The van der Waals surface area contributed by atoms with Gasteiger partial charge in [0, 0.05) is 24.8 Å². The number of benzene rings is 1. The van der Waals surface area contributed by atoms with Crippen molar-refractivity contribution in [1.29, 1.82) is 0 Å². The number of aliphatic hydroxyl groups is 1. The van der Waals surface area contributed by atoms with E-state index in [9.17, 15) is 5.11 Å². The summed E-state index contributed by atoms with van der Waals surface area (Å²) in [6, 6.07) is 7.79. The third kappa shape index (κ3) is 4.61. The van der Waals surface area contributed by atoms with Crippen molar-refractivity contribution in [3.8, 4) is 5.75 Å². The lowest BCUT2D eigenvalue weighted by atomic mass is 9.86. The van der Waals surface area contributed by atoms with Crippen molar-refractivity contribution in [3.63, 3.8) is 0 Å². The Morgan fingerprint density at radius 2 is 1.95 bits per heavy atom. The van der Waals surface area contributed by atoms with Gasteiger partial charge in [-0.15, -0.1) is 0 Å². The molecule has 4 unspecified atom stereocenters. The molecule has 0 amide bonds. The zero-order valence-electron chi connectivity index (χ0n) is 13.3. The van der Waals surface area contributed by atoms with Gasteiger partial charge in [0.2, 0.25) is 0 Å². The fourth-order valence-corrected chi connectivity index (χ4v) is 3.15. The molecule has 4 atom stereocenters. The molecule has 0 aliphatic carbocycles. The van der Waals surface area contributed by atoms with E-state index in [1.807, 2.05) is 12.1 Å². The second-order valence-corrected chi connectivity index (χ2v) is 6.55. The van der Waals surface area contributed by atoms with E-state index < -0.39 is 6.10 Å². The summed E-state index contributed by atoms with van der Waals surface area (Å²) >= 11 is 0. The van der Waals surface area contributed by atoms with E-state index in [-0.39, 0.29) is 0 Å². The number of aliphatic hydroxyl groups excluding tert-OH is 1. The standard InChI is InChI=1S/C17H28N2O2/c1-12-8-13(2)14(3)19(9-12)10-16(20)11-21-17-6-4-15(18)5-7-17/h4-7,12-14,16,20H,8-11,18H2,1-3H3. The highest BCUT2D eigenvalue weighted by atomic mass is 16.5. The molecule has 1 saturated heterocycles. The number of rotatable bonds is 5. The zero-order valence-corrected chi connectivity index (χ0v) is 13.3. The summed E-state index contributed by atoms with van der Waals surface area (Å²) in [6.07, 6.45) is 0.804. The van der Waals surface area contributed by atoms with Gasteiger partial charge in [-0.05, 0) is 49.4 Å². The molecule has 21 heavy (non-hydrogen) atoms. The molecule has 0 saturated carbocycles. The molecule has 118 valence electrons. The monoisotopic (exact) mass is 292 g/mol. The summed E-state index contributed by atoms with van der Waals surface area (Å²) < 4.78 is 5.62. The first-order chi connectivity index (χ1) is 9.95. The van der Waals surface area contributed by atoms with E-state index in [0.717, 1.165) is 12.3 Å². The third-order valence-corrected chi connectivity index (χ3v) is 4.49. The van der Waals surface area contributed by atoms with Crippen LogP contribution in [-0.2, 0) is 0 Å². The number of nitrogen functional groups attached to an aromatic ring is 1. The van der Waals surface area contributed by atoms with Crippen molar-refractivity contribution in [2.24, 2.45) is 11.8 Å². The summed E-state index contributed by atoms with van der Waals surface area (Å²) in [6.45, 7) is 8.88. The van der Waals surface area contributed by atoms with E-state index in [2.05, 4.69) is 25.7 Å². The number of hydrogen-bond donors (Lipinski definition) is 2. The third-order valence-electron chi connectivity index (χ3n) is 4.49. The van der Waals surface area contributed by atoms with Crippen LogP contribution in [0.1, 0.15) is 27.2 Å². The number of piperidine rings is 1. The lowest BCUT2D eigenvalue weighted by Crippen LogP contribution is -2.49. The highest BCUT2D eigenvalue weighted by Crippen LogP contribution is 2.26. The van der Waals surface area contributed by atoms with Crippen molar-refractivity contribution in [3.05, 3.63) is 24.3 Å². The van der Waals surface area contributed by atoms with Crippen LogP contribution in [0.3, 0.4) is 0 Å². The van der Waals surface area contributed by atoms with E-state index in [0.29, 0.717) is 36.7 Å². The molecule has 1 aromatic carbocycles. The molecular formula is C17H28N2O2. The van der Waals surface area contributed by atoms with Gasteiger partial charge in [-0.2, -0.15) is 0 Å². The maximum absolute atomic E-state index is 10.2. The topological polar surface area (TPSA) is 58.7 Å². The van der Waals surface area contributed by atoms with Crippen LogP contribution in [-0.4, -0.2) is 41.8 Å². The van der Waals surface area contributed by atoms with Gasteiger partial charge in [-0.25, -0.2) is 0 Å². The molecular weight excluding hydrogens is 264 g/mol. The highest BCUT2D eigenvalue weighted by Gasteiger charge is 2.29. The fourth-order valence-electron chi connectivity index (χ4n) is 3.15. The molecule has 0 bridgehead atoms. The largest absolute Gasteiger partial charge is 0.491 e. The van der Waals surface area contributed by atoms with Gasteiger partial charge in [0.1, 0.15) is 18.5 Å². The minimum absolute atomic E-state index is 0.315. The Kier molecular flexibility index (Phi) is 5.48. The van der Waals surface area contributed by atoms with Crippen molar-refractivity contribution in [2.45, 2.75) is 39.3 Å². The molecule has 1 heterocycles. The molecule has 0 aromatic heterocycles. The van der Waals surface area contributed by atoms with Crippen LogP contribution in [0.2, 0.25) is 0 Å². The number of β-amino-alcohol motifs (C(OH)–C–C–N with tert-alkyl or cyclic N) is 1. The van der Waals surface area contributed by atoms with E-state index in [1.54, 1.807) is 12.1 Å². The first-order valence-electron chi connectivity index (χ1n) is 7.86. The zero-order chi connectivity index (χ0) is 15.4. The molecule has 2 rings (SSSR count). The molecule has 0 radical (unpaired) electrons. The van der Waals surface area contributed by atoms with Gasteiger partial charge in [0.15, 0.2) is 0 Å². The maximum Gasteiger partial charge on any atom is 0.119 e. The van der Waals surface area contributed by atoms with Gasteiger partial charge in [0.05, 0.1) is 0 Å². The van der Waals surface area contributed by atoms with Crippen LogP contribution >= 0.6 is 0 Å². The SMILES string of the molecule is CC1CC(C)C(C)N(CC(O)COc2ccc(N)cc2)C1. The molecule has 0 spiro atoms. The minimum atomic E-state index is -0.470. The average Bonchev–Trinajstić information content (AvgIpc) is 2.43. The summed E-state index contributed by atoms with van der Waals surface area (Å²) in [5.41, 5.74) is 6.35. The number of anilines is 1. The Labute approximate surface area is 127 Å². The number of ether oxygens (including phenoxy) is 1. The van der Waals surface area contributed by atoms with Crippen molar-refractivity contribution >= 4 is 5.69 Å². The first-order valence-corrected chi connectivity index (χ1v) is 7.86. The van der Waals surface area contributed by atoms with Crippen LogP contribution in [0.5, 0.6) is 5.75 Å². The van der Waals surface area contributed by atoms with E-state index in [4.69, 9.17) is 10.5 Å². The van der Waals surface area contributed by atoms with Crippen molar-refractivity contribution < 1.29 is 9.84 Å². The van der Waals surface area contributed by atoms with Gasteiger partial charge >= 0.3 is 0 Å². The second kappa shape index (κ2) is 7.14. The quantitative estimate of drug-likeness (QED) is 0.818. The molecule has 4 nitrogen and oxygen atoms in total. The summed E-state index contributed by atoms with van der Waals surface area (Å²) in [5.74, 6) is 2.12. The van der Waals surface area contributed by atoms with Crippen LogP contribution in [0.15, 0.2) is 24.3 Å². The van der Waals surface area contributed by atoms with Crippen LogP contribution in [0.4, 0.5) is 5.69 Å². The summed E-state index contributed by atoms with van der Waals surface area (Å²) in [5, 5.41) is 10.2. The highest BCUT2D eigenvalue weighted by molar-refractivity contribution is 5.41. The summed E-state index contributed by atoms with van der Waals surface area (Å²) in [4.78, 5) is 2.38. The number of nitrogens with two attached hydrogens (primary N) is 1. The normalized spacial score (nSPS) is 28.3. The smallest absolute Gasteiger partial charge is 0.119 e. The lowest BCUT2D eigenvalue weighted by molar-refractivity contribution is 0.0148. The molecule has 1 aliphatic rings. The number of hydrogen-bond acceptors (Lipinski definition) is 4. The Hall–Kier alpha value is -1.26. The Morgan fingerprint density at radius 3 is 2.62 bits per heavy atom. The van der Waals surface area contributed by atoms with Crippen molar-refractivity contribution in [1.82, 2.24) is 4.90 Å². The molecule has 1 fully saturated rings. The minimum Gasteiger partial charge on any atom is -0.491 e.